The van der Waals surface area contributed by atoms with Crippen LogP contribution in [0.3, 0.4) is 0 Å². The van der Waals surface area contributed by atoms with Crippen LogP contribution in [0, 0.1) is 0 Å². The third kappa shape index (κ3) is 3.91. The summed E-state index contributed by atoms with van der Waals surface area (Å²) in [4.78, 5) is 20.2. The number of nitrogens with one attached hydrogen (secondary N) is 1. The second kappa shape index (κ2) is 8.33. The van der Waals surface area contributed by atoms with E-state index in [9.17, 15) is 20.1 Å². The minimum Gasteiger partial charge on any atom is -0.387 e. The first-order valence-electron chi connectivity index (χ1n) is 9.38. The van der Waals surface area contributed by atoms with Crippen molar-refractivity contribution in [2.45, 2.75) is 37.6 Å². The Balaban J connectivity index is 1.63. The Bertz CT molecular complexity index is 1130. The third-order valence-corrected chi connectivity index (χ3v) is 5.30. The Morgan fingerprint density at radius 2 is 1.97 bits per heavy atom. The van der Waals surface area contributed by atoms with Crippen LogP contribution in [0.1, 0.15) is 24.8 Å². The van der Waals surface area contributed by atoms with E-state index in [0.717, 1.165) is 0 Å². The molecule has 3 aromatic rings. The van der Waals surface area contributed by atoms with Gasteiger partial charge in [-0.1, -0.05) is 30.3 Å². The van der Waals surface area contributed by atoms with Crippen LogP contribution in [-0.4, -0.2) is 59.3 Å². The first-order chi connectivity index (χ1) is 14.8. The molecular formula is C20H20ClN5O5. The number of hydrogen-bond acceptors (Lipinski definition) is 8. The number of nitrogens with zero attached hydrogens (tertiary/aromatic N) is 4. The SMILES string of the molecule is C=C(C)C(=O)Nc1ncnc2c1cnn2[C@@H]1O[C@H](C(O)c2ccc(Cl)cc2)[C@@H](O)[C@H]1O. The van der Waals surface area contributed by atoms with E-state index < -0.39 is 36.6 Å². The summed E-state index contributed by atoms with van der Waals surface area (Å²) in [7, 11) is 0. The van der Waals surface area contributed by atoms with Gasteiger partial charge in [0.15, 0.2) is 11.9 Å². The Morgan fingerprint density at radius 1 is 1.26 bits per heavy atom. The molecule has 3 heterocycles. The van der Waals surface area contributed by atoms with Crippen molar-refractivity contribution in [3.63, 3.8) is 0 Å². The standard InChI is InChI=1S/C20H20ClN5O5/c1-9(2)19(30)25-17-12-7-24-26(18(12)23-8-22-17)20-15(29)14(28)16(31-20)13(27)10-3-5-11(21)6-4-10/h3-8,13-16,20,27-29H,1H2,2H3,(H,22,23,25,30)/t13?,14-,15+,16+,20+/m0/s1. The lowest BCUT2D eigenvalue weighted by molar-refractivity contribution is -0.112. The van der Waals surface area contributed by atoms with Gasteiger partial charge in [0.2, 0.25) is 0 Å². The van der Waals surface area contributed by atoms with Crippen LogP contribution in [0.25, 0.3) is 11.0 Å². The number of benzene rings is 1. The fraction of sp³-hybridized carbons (Fsp3) is 0.300. The van der Waals surface area contributed by atoms with Gasteiger partial charge in [0, 0.05) is 10.6 Å². The lowest BCUT2D eigenvalue weighted by Crippen LogP contribution is -2.35. The zero-order chi connectivity index (χ0) is 22.3. The smallest absolute Gasteiger partial charge is 0.251 e. The molecular weight excluding hydrogens is 426 g/mol. The average Bonchev–Trinajstić information content (AvgIpc) is 3.30. The van der Waals surface area contributed by atoms with Crippen LogP contribution in [0.4, 0.5) is 5.82 Å². The van der Waals surface area contributed by atoms with E-state index in [1.54, 1.807) is 31.2 Å². The zero-order valence-electron chi connectivity index (χ0n) is 16.4. The molecule has 1 aliphatic rings. The Hall–Kier alpha value is -2.89. The highest BCUT2D eigenvalue weighted by Gasteiger charge is 2.48. The number of aromatic nitrogens is 4. The van der Waals surface area contributed by atoms with E-state index in [1.165, 1.54) is 17.2 Å². The van der Waals surface area contributed by atoms with Crippen molar-refractivity contribution in [1.29, 1.82) is 0 Å². The van der Waals surface area contributed by atoms with Crippen LogP contribution >= 0.6 is 11.6 Å². The summed E-state index contributed by atoms with van der Waals surface area (Å²) in [5.41, 5.74) is 1.04. The highest BCUT2D eigenvalue weighted by molar-refractivity contribution is 6.30. The summed E-state index contributed by atoms with van der Waals surface area (Å²) in [5.74, 6) is -0.193. The van der Waals surface area contributed by atoms with Gasteiger partial charge in [-0.3, -0.25) is 4.79 Å². The number of aliphatic hydroxyl groups excluding tert-OH is 3. The molecule has 1 amide bonds. The van der Waals surface area contributed by atoms with Gasteiger partial charge in [-0.05, 0) is 24.6 Å². The van der Waals surface area contributed by atoms with Gasteiger partial charge >= 0.3 is 0 Å². The van der Waals surface area contributed by atoms with Crippen molar-refractivity contribution in [2.75, 3.05) is 5.32 Å². The van der Waals surface area contributed by atoms with Crippen molar-refractivity contribution in [3.05, 3.63) is 59.5 Å². The molecule has 0 radical (unpaired) electrons. The number of ether oxygens (including phenoxy) is 1. The van der Waals surface area contributed by atoms with E-state index in [4.69, 9.17) is 16.3 Å². The Labute approximate surface area is 181 Å². The van der Waals surface area contributed by atoms with Crippen molar-refractivity contribution in [3.8, 4) is 0 Å². The summed E-state index contributed by atoms with van der Waals surface area (Å²) in [6.07, 6.45) is -3.60. The Kier molecular flexibility index (Phi) is 5.73. The number of amides is 1. The maximum absolute atomic E-state index is 12.0. The van der Waals surface area contributed by atoms with E-state index in [0.29, 0.717) is 21.5 Å². The van der Waals surface area contributed by atoms with Crippen LogP contribution in [0.5, 0.6) is 0 Å². The lowest BCUT2D eigenvalue weighted by atomic mass is 9.99. The van der Waals surface area contributed by atoms with Crippen LogP contribution in [0.15, 0.2) is 48.9 Å². The van der Waals surface area contributed by atoms with Crippen LogP contribution < -0.4 is 5.32 Å². The topological polar surface area (TPSA) is 143 Å². The van der Waals surface area contributed by atoms with E-state index in [2.05, 4.69) is 27.0 Å². The Morgan fingerprint density at radius 3 is 2.65 bits per heavy atom. The van der Waals surface area contributed by atoms with Gasteiger partial charge < -0.3 is 25.4 Å². The molecule has 31 heavy (non-hydrogen) atoms. The molecule has 2 aromatic heterocycles. The molecule has 1 saturated heterocycles. The van der Waals surface area contributed by atoms with E-state index in [-0.39, 0.29) is 11.5 Å². The molecule has 0 saturated carbocycles. The number of anilines is 1. The maximum Gasteiger partial charge on any atom is 0.251 e. The molecule has 0 aliphatic carbocycles. The number of halogens is 1. The van der Waals surface area contributed by atoms with E-state index in [1.807, 2.05) is 0 Å². The second-order valence-electron chi connectivity index (χ2n) is 7.25. The molecule has 10 nitrogen and oxygen atoms in total. The summed E-state index contributed by atoms with van der Waals surface area (Å²) in [6, 6.07) is 6.42. The molecule has 1 aromatic carbocycles. The average molecular weight is 446 g/mol. The normalized spacial score (nSPS) is 24.3. The van der Waals surface area contributed by atoms with Crippen molar-refractivity contribution >= 4 is 34.4 Å². The molecule has 0 spiro atoms. The fourth-order valence-electron chi connectivity index (χ4n) is 3.36. The molecule has 1 unspecified atom stereocenters. The summed E-state index contributed by atoms with van der Waals surface area (Å²) >= 11 is 5.88. The number of fused-ring (bicyclic) bond motifs is 1. The van der Waals surface area contributed by atoms with E-state index >= 15 is 0 Å². The second-order valence-corrected chi connectivity index (χ2v) is 7.69. The summed E-state index contributed by atoms with van der Waals surface area (Å²) in [6.45, 7) is 5.15. The first kappa shape index (κ1) is 21.3. The van der Waals surface area contributed by atoms with Gasteiger partial charge in [0.1, 0.15) is 36.6 Å². The minimum absolute atomic E-state index is 0.218. The lowest BCUT2D eigenvalue weighted by Gasteiger charge is -2.21. The number of rotatable bonds is 5. The molecule has 11 heteroatoms. The van der Waals surface area contributed by atoms with Crippen molar-refractivity contribution in [1.82, 2.24) is 19.7 Å². The molecule has 1 fully saturated rings. The predicted octanol–water partition coefficient (Wildman–Crippen LogP) is 1.35. The molecule has 5 atom stereocenters. The van der Waals surface area contributed by atoms with Gasteiger partial charge in [0.25, 0.3) is 5.91 Å². The minimum atomic E-state index is -1.39. The molecule has 162 valence electrons. The highest BCUT2D eigenvalue weighted by Crippen LogP contribution is 2.37. The summed E-state index contributed by atoms with van der Waals surface area (Å²) < 4.78 is 7.07. The fourth-order valence-corrected chi connectivity index (χ4v) is 3.49. The van der Waals surface area contributed by atoms with Crippen molar-refractivity contribution < 1.29 is 24.9 Å². The zero-order valence-corrected chi connectivity index (χ0v) is 17.1. The third-order valence-electron chi connectivity index (χ3n) is 5.05. The quantitative estimate of drug-likeness (QED) is 0.431. The molecule has 4 N–H and O–H groups in total. The van der Waals surface area contributed by atoms with Crippen LogP contribution in [0.2, 0.25) is 5.02 Å². The van der Waals surface area contributed by atoms with Gasteiger partial charge in [-0.15, -0.1) is 0 Å². The largest absolute Gasteiger partial charge is 0.387 e. The highest BCUT2D eigenvalue weighted by atomic mass is 35.5. The predicted molar refractivity (Wildman–Crippen MR) is 111 cm³/mol. The molecule has 0 bridgehead atoms. The van der Waals surface area contributed by atoms with Gasteiger partial charge in [-0.2, -0.15) is 5.10 Å². The monoisotopic (exact) mass is 445 g/mol. The number of carbonyl (C=O) groups excluding carboxylic acids is 1. The summed E-state index contributed by atoms with van der Waals surface area (Å²) in [5, 5.41) is 39.5. The number of carbonyl (C=O) groups is 1. The van der Waals surface area contributed by atoms with Crippen LogP contribution in [-0.2, 0) is 9.53 Å². The maximum atomic E-state index is 12.0. The molecule has 4 rings (SSSR count). The van der Waals surface area contributed by atoms with Gasteiger partial charge in [0.05, 0.1) is 11.6 Å². The molecule has 1 aliphatic heterocycles. The van der Waals surface area contributed by atoms with Crippen molar-refractivity contribution in [2.24, 2.45) is 0 Å². The number of aliphatic hydroxyl groups is 3. The van der Waals surface area contributed by atoms with Gasteiger partial charge in [-0.25, -0.2) is 14.6 Å². The number of hydrogen-bond donors (Lipinski definition) is 4. The first-order valence-corrected chi connectivity index (χ1v) is 9.76.